The third-order valence-corrected chi connectivity index (χ3v) is 9.79. The minimum absolute atomic E-state index is 0.0165. The minimum Gasteiger partial charge on any atom is -0.497 e. The first kappa shape index (κ1) is 29.8. The number of nitrogens with one attached hydrogen (secondary N) is 1. The number of carbonyl (C=O) groups excluding carboxylic acids is 2. The molecule has 3 aromatic carbocycles. The minimum atomic E-state index is -0.539. The molecule has 1 aromatic heterocycles. The molecule has 0 spiro atoms. The highest BCUT2D eigenvalue weighted by molar-refractivity contribution is 5.98. The van der Waals surface area contributed by atoms with Gasteiger partial charge < -0.3 is 14.5 Å². The van der Waals surface area contributed by atoms with Crippen molar-refractivity contribution in [1.82, 2.24) is 20.0 Å². The number of ether oxygens (including phenoxy) is 1. The summed E-state index contributed by atoms with van der Waals surface area (Å²) in [4.78, 5) is 31.0. The molecule has 1 aliphatic carbocycles. The number of amides is 1. The Balaban J connectivity index is 1.22. The van der Waals surface area contributed by atoms with Crippen molar-refractivity contribution in [3.05, 3.63) is 94.2 Å². The number of fused-ring (bicyclic) bond motifs is 1. The Morgan fingerprint density at radius 2 is 1.80 bits per heavy atom. The second-order valence-corrected chi connectivity index (χ2v) is 12.5. The van der Waals surface area contributed by atoms with Gasteiger partial charge in [-0.05, 0) is 85.5 Å². The van der Waals surface area contributed by atoms with Gasteiger partial charge in [0.25, 0.3) is 5.91 Å². The van der Waals surface area contributed by atoms with Gasteiger partial charge in [0.2, 0.25) is 0 Å². The lowest BCUT2D eigenvalue weighted by Gasteiger charge is -2.32. The number of aromatic amines is 1. The number of nitrogens with zero attached hydrogens (tertiary/aromatic N) is 3. The fourth-order valence-corrected chi connectivity index (χ4v) is 6.71. The van der Waals surface area contributed by atoms with Crippen LogP contribution in [0.5, 0.6) is 5.75 Å². The van der Waals surface area contributed by atoms with Crippen LogP contribution in [0.1, 0.15) is 70.9 Å². The fourth-order valence-electron chi connectivity index (χ4n) is 6.71. The predicted molar refractivity (Wildman–Crippen MR) is 176 cm³/mol. The summed E-state index contributed by atoms with van der Waals surface area (Å²) in [6.07, 6.45) is 5.64. The van der Waals surface area contributed by atoms with Crippen LogP contribution in [0.15, 0.2) is 60.7 Å². The SMILES string of the molecule is CCC(C)C(=O)C1(c2cc(OC)ccc2C)CC1c1ccc2c(/C=C/c3ccc(C(=O)N4CCN(C)CC4)cc3)n[nH]c2c1. The van der Waals surface area contributed by atoms with Gasteiger partial charge in [-0.1, -0.05) is 50.3 Å². The summed E-state index contributed by atoms with van der Waals surface area (Å²) in [6.45, 7) is 9.57. The number of H-pyrrole nitrogens is 1. The van der Waals surface area contributed by atoms with Crippen molar-refractivity contribution < 1.29 is 14.3 Å². The molecule has 0 bridgehead atoms. The third kappa shape index (κ3) is 5.45. The molecule has 7 heteroatoms. The summed E-state index contributed by atoms with van der Waals surface area (Å²) in [6, 6.07) is 20.3. The average molecular weight is 591 g/mol. The molecule has 3 unspecified atom stereocenters. The Morgan fingerprint density at radius 3 is 2.50 bits per heavy atom. The van der Waals surface area contributed by atoms with Crippen molar-refractivity contribution in [3.63, 3.8) is 0 Å². The maximum absolute atomic E-state index is 13.9. The molecule has 7 nitrogen and oxygen atoms in total. The second kappa shape index (κ2) is 12.0. The lowest BCUT2D eigenvalue weighted by Crippen LogP contribution is -2.47. The van der Waals surface area contributed by atoms with E-state index in [9.17, 15) is 9.59 Å². The van der Waals surface area contributed by atoms with Crippen LogP contribution in [0, 0.1) is 12.8 Å². The molecule has 4 aromatic rings. The van der Waals surface area contributed by atoms with Crippen molar-refractivity contribution in [1.29, 1.82) is 0 Å². The van der Waals surface area contributed by atoms with E-state index in [1.807, 2.05) is 54.3 Å². The van der Waals surface area contributed by atoms with Gasteiger partial charge in [-0.2, -0.15) is 5.10 Å². The Hall–Kier alpha value is -4.23. The molecular weight excluding hydrogens is 548 g/mol. The van der Waals surface area contributed by atoms with Crippen LogP contribution in [0.3, 0.4) is 0 Å². The molecule has 3 atom stereocenters. The Labute approximate surface area is 259 Å². The summed E-state index contributed by atoms with van der Waals surface area (Å²) in [7, 11) is 3.76. The third-order valence-electron chi connectivity index (χ3n) is 9.79. The number of hydrogen-bond donors (Lipinski definition) is 1. The van der Waals surface area contributed by atoms with Gasteiger partial charge in [-0.25, -0.2) is 0 Å². The van der Waals surface area contributed by atoms with Crippen LogP contribution >= 0.6 is 0 Å². The maximum Gasteiger partial charge on any atom is 0.253 e. The Bertz CT molecular complexity index is 1710. The van der Waals surface area contributed by atoms with Crippen molar-refractivity contribution in [2.45, 2.75) is 44.9 Å². The molecule has 2 fully saturated rings. The van der Waals surface area contributed by atoms with E-state index >= 15 is 0 Å². The topological polar surface area (TPSA) is 78.5 Å². The van der Waals surface area contributed by atoms with Gasteiger partial charge in [-0.15, -0.1) is 0 Å². The summed E-state index contributed by atoms with van der Waals surface area (Å²) in [5.74, 6) is 1.27. The summed E-state index contributed by atoms with van der Waals surface area (Å²) in [5.41, 5.74) is 6.34. The number of aromatic nitrogens is 2. The van der Waals surface area contributed by atoms with Gasteiger partial charge in [0.15, 0.2) is 0 Å². The van der Waals surface area contributed by atoms with E-state index in [-0.39, 0.29) is 17.7 Å². The van der Waals surface area contributed by atoms with Crippen LogP contribution in [0.4, 0.5) is 0 Å². The molecule has 44 heavy (non-hydrogen) atoms. The van der Waals surface area contributed by atoms with Crippen molar-refractivity contribution >= 4 is 34.7 Å². The normalized spacial score (nSPS) is 21.1. The quantitative estimate of drug-likeness (QED) is 0.242. The number of benzene rings is 3. The lowest BCUT2D eigenvalue weighted by molar-refractivity contribution is -0.125. The molecule has 1 amide bonds. The maximum atomic E-state index is 13.9. The van der Waals surface area contributed by atoms with E-state index in [4.69, 9.17) is 4.74 Å². The molecule has 1 saturated heterocycles. The standard InChI is InChI=1S/C37H42N4O3/c1-6-24(2)35(42)37(31-22-29(44-5)14-7-25(31)3)23-32(37)28-13-15-30-33(38-39-34(30)21-28)16-10-26-8-11-27(12-9-26)36(43)41-19-17-40(4)18-20-41/h7-16,21-22,24,32H,6,17-20,23H2,1-5H3,(H,38,39)/b16-10+. The number of methoxy groups -OCH3 is 1. The zero-order valence-electron chi connectivity index (χ0n) is 26.4. The fraction of sp³-hybridized carbons (Fsp3) is 0.378. The van der Waals surface area contributed by atoms with E-state index in [0.717, 1.165) is 89.2 Å². The van der Waals surface area contributed by atoms with E-state index in [0.29, 0.717) is 5.78 Å². The zero-order chi connectivity index (χ0) is 31.0. The van der Waals surface area contributed by atoms with Crippen molar-refractivity contribution in [2.75, 3.05) is 40.3 Å². The zero-order valence-corrected chi connectivity index (χ0v) is 26.4. The number of likely N-dealkylation sites (N-methyl/N-ethyl adjacent to an activating group) is 1. The highest BCUT2D eigenvalue weighted by Crippen LogP contribution is 2.63. The second-order valence-electron chi connectivity index (χ2n) is 12.5. The van der Waals surface area contributed by atoms with E-state index in [1.165, 1.54) is 0 Å². The smallest absolute Gasteiger partial charge is 0.253 e. The number of hydrogen-bond acceptors (Lipinski definition) is 5. The Kier molecular flexibility index (Phi) is 8.16. The van der Waals surface area contributed by atoms with Crippen LogP contribution < -0.4 is 4.74 Å². The Morgan fingerprint density at radius 1 is 1.05 bits per heavy atom. The van der Waals surface area contributed by atoms with Gasteiger partial charge in [0, 0.05) is 49.0 Å². The van der Waals surface area contributed by atoms with Gasteiger partial charge in [-0.3, -0.25) is 14.7 Å². The number of rotatable bonds is 9. The molecule has 1 saturated carbocycles. The summed E-state index contributed by atoms with van der Waals surface area (Å²) in [5, 5.41) is 8.83. The molecule has 0 radical (unpaired) electrons. The summed E-state index contributed by atoms with van der Waals surface area (Å²) >= 11 is 0. The van der Waals surface area contributed by atoms with Gasteiger partial charge >= 0.3 is 0 Å². The first-order chi connectivity index (χ1) is 21.2. The molecule has 1 aliphatic heterocycles. The largest absolute Gasteiger partial charge is 0.497 e. The van der Waals surface area contributed by atoms with Crippen LogP contribution in [0.25, 0.3) is 23.1 Å². The molecule has 2 aliphatic rings. The van der Waals surface area contributed by atoms with Gasteiger partial charge in [0.1, 0.15) is 11.5 Å². The average Bonchev–Trinajstić information content (AvgIpc) is 3.68. The monoisotopic (exact) mass is 590 g/mol. The van der Waals surface area contributed by atoms with E-state index in [1.54, 1.807) is 7.11 Å². The number of Topliss-reactive ketones (excluding diaryl/α,β-unsaturated/α-hetero) is 1. The first-order valence-corrected chi connectivity index (χ1v) is 15.7. The first-order valence-electron chi connectivity index (χ1n) is 15.7. The lowest BCUT2D eigenvalue weighted by atomic mass is 9.79. The number of aryl methyl sites for hydroxylation is 1. The van der Waals surface area contributed by atoms with E-state index in [2.05, 4.69) is 66.3 Å². The molecular formula is C37H42N4O3. The van der Waals surface area contributed by atoms with Crippen molar-refractivity contribution in [3.8, 4) is 5.75 Å². The molecule has 1 N–H and O–H groups in total. The highest BCUT2D eigenvalue weighted by atomic mass is 16.5. The van der Waals surface area contributed by atoms with Crippen LogP contribution in [0.2, 0.25) is 0 Å². The molecule has 228 valence electrons. The number of carbonyl (C=O) groups is 2. The summed E-state index contributed by atoms with van der Waals surface area (Å²) < 4.78 is 5.55. The van der Waals surface area contributed by atoms with Crippen LogP contribution in [-0.4, -0.2) is 72.0 Å². The predicted octanol–water partition coefficient (Wildman–Crippen LogP) is 6.48. The van der Waals surface area contributed by atoms with Gasteiger partial charge in [0.05, 0.1) is 23.7 Å². The van der Waals surface area contributed by atoms with Crippen LogP contribution in [-0.2, 0) is 10.2 Å². The number of piperazine rings is 1. The number of ketones is 1. The molecule has 6 rings (SSSR count). The van der Waals surface area contributed by atoms with E-state index < -0.39 is 5.41 Å². The van der Waals surface area contributed by atoms with Crippen molar-refractivity contribution in [2.24, 2.45) is 5.92 Å². The highest BCUT2D eigenvalue weighted by Gasteiger charge is 2.62. The molecule has 2 heterocycles.